The molecular weight excluding hydrogens is 339 g/mol. The molecular formula is C19H18AsCl. The first-order chi connectivity index (χ1) is 9.82. The van der Waals surface area contributed by atoms with Gasteiger partial charge in [-0.15, -0.1) is 0 Å². The van der Waals surface area contributed by atoms with Crippen LogP contribution in [0.1, 0.15) is 0 Å². The van der Waals surface area contributed by atoms with Crippen molar-refractivity contribution in [2.24, 2.45) is 0 Å². The van der Waals surface area contributed by atoms with Gasteiger partial charge in [0.1, 0.15) is 0 Å². The van der Waals surface area contributed by atoms with Crippen molar-refractivity contribution < 1.29 is 12.4 Å². The summed E-state index contributed by atoms with van der Waals surface area (Å²) in [6.07, 6.45) is 0. The van der Waals surface area contributed by atoms with Crippen molar-refractivity contribution in [1.29, 1.82) is 0 Å². The Bertz CT molecular complexity index is 569. The van der Waals surface area contributed by atoms with E-state index in [1.165, 1.54) is 13.1 Å². The molecule has 0 saturated carbocycles. The maximum Gasteiger partial charge on any atom is -1.00 e. The zero-order valence-corrected chi connectivity index (χ0v) is 14.6. The topological polar surface area (TPSA) is 0 Å². The fourth-order valence-corrected chi connectivity index (χ4v) is 9.34. The van der Waals surface area contributed by atoms with Gasteiger partial charge in [-0.1, -0.05) is 0 Å². The summed E-state index contributed by atoms with van der Waals surface area (Å²) < 4.78 is 4.47. The SMILES string of the molecule is C[As+](c1ccccc1)(c1ccccc1)c1ccccc1.[Cl-]. The maximum absolute atomic E-state index is 2.47. The summed E-state index contributed by atoms with van der Waals surface area (Å²) in [7, 11) is 0. The molecule has 0 nitrogen and oxygen atoms in total. The molecule has 0 fully saturated rings. The molecule has 106 valence electrons. The molecule has 0 bridgehead atoms. The Kier molecular flexibility index (Phi) is 5.28. The van der Waals surface area contributed by atoms with E-state index in [0.717, 1.165) is 0 Å². The third-order valence-electron chi connectivity index (χ3n) is 3.82. The number of halogens is 1. The van der Waals surface area contributed by atoms with Crippen LogP contribution in [0.15, 0.2) is 91.0 Å². The number of hydrogen-bond acceptors (Lipinski definition) is 0. The van der Waals surface area contributed by atoms with Crippen molar-refractivity contribution in [3.63, 3.8) is 0 Å². The van der Waals surface area contributed by atoms with Crippen LogP contribution in [0.3, 0.4) is 0 Å². The van der Waals surface area contributed by atoms with E-state index in [4.69, 9.17) is 0 Å². The first kappa shape index (κ1) is 15.9. The van der Waals surface area contributed by atoms with Crippen LogP contribution in [0, 0.1) is 0 Å². The maximum atomic E-state index is 2.47. The predicted molar refractivity (Wildman–Crippen MR) is 89.8 cm³/mol. The Morgan fingerprint density at radius 2 is 0.714 bits per heavy atom. The Morgan fingerprint density at radius 1 is 0.476 bits per heavy atom. The van der Waals surface area contributed by atoms with E-state index in [0.29, 0.717) is 0 Å². The van der Waals surface area contributed by atoms with Gasteiger partial charge in [0.15, 0.2) is 0 Å². The third-order valence-corrected chi connectivity index (χ3v) is 12.2. The Balaban J connectivity index is 0.00000161. The second-order valence-corrected chi connectivity index (χ2v) is 12.5. The summed E-state index contributed by atoms with van der Waals surface area (Å²) in [6.45, 7) is 0. The third kappa shape index (κ3) is 3.07. The van der Waals surface area contributed by atoms with Crippen molar-refractivity contribution >= 4 is 26.6 Å². The molecule has 0 aliphatic carbocycles. The van der Waals surface area contributed by atoms with E-state index in [1.807, 2.05) is 0 Å². The van der Waals surface area contributed by atoms with Gasteiger partial charge in [-0.25, -0.2) is 0 Å². The van der Waals surface area contributed by atoms with Gasteiger partial charge in [0.05, 0.1) is 0 Å². The molecule has 2 heteroatoms. The van der Waals surface area contributed by atoms with Crippen molar-refractivity contribution in [2.45, 2.75) is 5.71 Å². The zero-order chi connectivity index (χ0) is 13.8. The van der Waals surface area contributed by atoms with Gasteiger partial charge in [-0.2, -0.15) is 0 Å². The summed E-state index contributed by atoms with van der Waals surface area (Å²) in [5.41, 5.74) is 2.47. The van der Waals surface area contributed by atoms with Crippen molar-refractivity contribution in [2.75, 3.05) is 0 Å². The van der Waals surface area contributed by atoms with Gasteiger partial charge < -0.3 is 12.4 Å². The molecule has 0 unspecified atom stereocenters. The molecule has 0 spiro atoms. The van der Waals surface area contributed by atoms with Crippen LogP contribution in [0.2, 0.25) is 5.71 Å². The smallest absolute Gasteiger partial charge is 1.00 e. The average molecular weight is 357 g/mol. The molecule has 21 heavy (non-hydrogen) atoms. The first-order valence-electron chi connectivity index (χ1n) is 6.85. The Morgan fingerprint density at radius 3 is 0.952 bits per heavy atom. The van der Waals surface area contributed by atoms with Crippen molar-refractivity contribution in [3.8, 4) is 0 Å². The fourth-order valence-electron chi connectivity index (χ4n) is 2.63. The van der Waals surface area contributed by atoms with Gasteiger partial charge in [0, 0.05) is 0 Å². The number of hydrogen-bond donors (Lipinski definition) is 0. The minimum atomic E-state index is -2.29. The van der Waals surface area contributed by atoms with Gasteiger partial charge in [-0.05, 0) is 0 Å². The molecule has 0 heterocycles. The second kappa shape index (κ2) is 6.98. The standard InChI is InChI=1S/C19H18As.ClH/c1-20(17-11-5-2-6-12-17,18-13-7-3-8-14-18)19-15-9-4-10-16-19;/h2-16H,1H3;1H/q+1;/p-1. The van der Waals surface area contributed by atoms with E-state index in [9.17, 15) is 0 Å². The van der Waals surface area contributed by atoms with E-state index >= 15 is 0 Å². The molecule has 3 aromatic carbocycles. The van der Waals surface area contributed by atoms with Crippen LogP contribution in [0.4, 0.5) is 0 Å². The van der Waals surface area contributed by atoms with Gasteiger partial charge in [-0.3, -0.25) is 0 Å². The molecule has 0 radical (unpaired) electrons. The molecule has 0 aliphatic heterocycles. The molecule has 0 amide bonds. The van der Waals surface area contributed by atoms with Gasteiger partial charge in [0.2, 0.25) is 0 Å². The molecule has 3 rings (SSSR count). The van der Waals surface area contributed by atoms with Crippen LogP contribution < -0.4 is 25.5 Å². The Labute approximate surface area is 135 Å². The molecule has 0 aliphatic rings. The molecule has 0 N–H and O–H groups in total. The van der Waals surface area contributed by atoms with Crippen LogP contribution in [0.25, 0.3) is 0 Å². The Hall–Kier alpha value is -1.49. The molecule has 0 atom stereocenters. The van der Waals surface area contributed by atoms with Crippen LogP contribution >= 0.6 is 0 Å². The summed E-state index contributed by atoms with van der Waals surface area (Å²) >= 11 is -2.29. The van der Waals surface area contributed by atoms with Crippen molar-refractivity contribution in [3.05, 3.63) is 91.0 Å². The fraction of sp³-hybridized carbons (Fsp3) is 0.0526. The zero-order valence-electron chi connectivity index (χ0n) is 12.0. The summed E-state index contributed by atoms with van der Waals surface area (Å²) in [4.78, 5) is 0. The monoisotopic (exact) mass is 356 g/mol. The molecule has 0 saturated heterocycles. The van der Waals surface area contributed by atoms with E-state index in [2.05, 4.69) is 96.7 Å². The summed E-state index contributed by atoms with van der Waals surface area (Å²) in [6, 6.07) is 32.9. The largest absolute Gasteiger partial charge is 1.00 e. The molecule has 3 aromatic rings. The average Bonchev–Trinajstić information content (AvgIpc) is 2.56. The predicted octanol–water partition coefficient (Wildman–Crippen LogP) is -0.209. The quantitative estimate of drug-likeness (QED) is 0.570. The van der Waals surface area contributed by atoms with Crippen molar-refractivity contribution in [1.82, 2.24) is 0 Å². The van der Waals surface area contributed by atoms with Crippen LogP contribution in [-0.4, -0.2) is 13.6 Å². The minimum absolute atomic E-state index is 0. The minimum Gasteiger partial charge on any atom is -1.00 e. The summed E-state index contributed by atoms with van der Waals surface area (Å²) in [5.74, 6) is 0. The van der Waals surface area contributed by atoms with E-state index < -0.39 is 13.6 Å². The second-order valence-electron chi connectivity index (χ2n) is 5.01. The number of benzene rings is 3. The van der Waals surface area contributed by atoms with Crippen LogP contribution in [-0.2, 0) is 0 Å². The molecule has 0 aromatic heterocycles. The van der Waals surface area contributed by atoms with Crippen LogP contribution in [0.5, 0.6) is 0 Å². The normalized spacial score (nSPS) is 10.7. The number of rotatable bonds is 3. The van der Waals surface area contributed by atoms with Gasteiger partial charge >= 0.3 is 123 Å². The van der Waals surface area contributed by atoms with E-state index in [1.54, 1.807) is 0 Å². The van der Waals surface area contributed by atoms with E-state index in [-0.39, 0.29) is 12.4 Å². The van der Waals surface area contributed by atoms with Gasteiger partial charge in [0.25, 0.3) is 0 Å². The summed E-state index contributed by atoms with van der Waals surface area (Å²) in [5, 5.41) is 0. The first-order valence-corrected chi connectivity index (χ1v) is 11.5.